The van der Waals surface area contributed by atoms with Gasteiger partial charge in [0.15, 0.2) is 0 Å². The number of alkyl halides is 2. The molecule has 66 valence electrons. The largest absolute Gasteiger partial charge is 0.381 e. The standard InChI is InChI=1S/C6H10F2O3/c7-1-5(9)3-11-4-6(5,10)2-8/h9-10H,1-4H2. The molecule has 1 heterocycles. The van der Waals surface area contributed by atoms with Gasteiger partial charge in [0.25, 0.3) is 0 Å². The van der Waals surface area contributed by atoms with E-state index in [4.69, 9.17) is 0 Å². The van der Waals surface area contributed by atoms with E-state index in [-0.39, 0.29) is 13.2 Å². The van der Waals surface area contributed by atoms with Crippen molar-refractivity contribution < 1.29 is 23.7 Å². The van der Waals surface area contributed by atoms with Crippen molar-refractivity contribution >= 4 is 0 Å². The second kappa shape index (κ2) is 2.66. The van der Waals surface area contributed by atoms with Gasteiger partial charge in [-0.15, -0.1) is 0 Å². The Morgan fingerprint density at radius 3 is 1.73 bits per heavy atom. The molecular weight excluding hydrogens is 158 g/mol. The number of rotatable bonds is 2. The summed E-state index contributed by atoms with van der Waals surface area (Å²) >= 11 is 0. The number of halogens is 2. The van der Waals surface area contributed by atoms with Gasteiger partial charge in [0, 0.05) is 0 Å². The van der Waals surface area contributed by atoms with Gasteiger partial charge in [0.05, 0.1) is 13.2 Å². The van der Waals surface area contributed by atoms with Crippen molar-refractivity contribution in [1.82, 2.24) is 0 Å². The number of hydrogen-bond donors (Lipinski definition) is 2. The monoisotopic (exact) mass is 168 g/mol. The topological polar surface area (TPSA) is 49.7 Å². The third-order valence-corrected chi connectivity index (χ3v) is 1.99. The highest BCUT2D eigenvalue weighted by molar-refractivity contribution is 5.03. The smallest absolute Gasteiger partial charge is 0.149 e. The summed E-state index contributed by atoms with van der Waals surface area (Å²) in [7, 11) is 0. The molecule has 11 heavy (non-hydrogen) atoms. The molecule has 1 fully saturated rings. The van der Waals surface area contributed by atoms with E-state index in [0.29, 0.717) is 0 Å². The second-order valence-corrected chi connectivity index (χ2v) is 2.82. The van der Waals surface area contributed by atoms with Crippen molar-refractivity contribution in [3.05, 3.63) is 0 Å². The lowest BCUT2D eigenvalue weighted by molar-refractivity contribution is -0.135. The van der Waals surface area contributed by atoms with E-state index in [2.05, 4.69) is 4.74 Å². The molecule has 0 radical (unpaired) electrons. The molecule has 2 N–H and O–H groups in total. The predicted molar refractivity (Wildman–Crippen MR) is 32.7 cm³/mol. The first-order valence-electron chi connectivity index (χ1n) is 3.22. The Labute approximate surface area is 62.6 Å². The average Bonchev–Trinajstić information content (AvgIpc) is 2.31. The van der Waals surface area contributed by atoms with Crippen LogP contribution in [0.2, 0.25) is 0 Å². The van der Waals surface area contributed by atoms with Gasteiger partial charge in [-0.3, -0.25) is 0 Å². The van der Waals surface area contributed by atoms with Crippen LogP contribution in [0.4, 0.5) is 8.78 Å². The van der Waals surface area contributed by atoms with E-state index < -0.39 is 24.6 Å². The third-order valence-electron chi connectivity index (χ3n) is 1.99. The molecule has 2 atom stereocenters. The first kappa shape index (κ1) is 8.83. The van der Waals surface area contributed by atoms with E-state index in [9.17, 15) is 19.0 Å². The summed E-state index contributed by atoms with van der Waals surface area (Å²) in [5, 5.41) is 18.5. The summed E-state index contributed by atoms with van der Waals surface area (Å²) < 4.78 is 28.8. The fourth-order valence-electron chi connectivity index (χ4n) is 0.983. The Kier molecular flexibility index (Phi) is 2.13. The molecule has 0 spiro atoms. The first-order chi connectivity index (χ1) is 5.08. The van der Waals surface area contributed by atoms with Gasteiger partial charge in [0.2, 0.25) is 0 Å². The van der Waals surface area contributed by atoms with Crippen LogP contribution in [0.1, 0.15) is 0 Å². The zero-order chi connectivity index (χ0) is 8.54. The maximum absolute atomic E-state index is 12.1. The van der Waals surface area contributed by atoms with Crippen LogP contribution in [0, 0.1) is 0 Å². The minimum absolute atomic E-state index is 0.357. The van der Waals surface area contributed by atoms with E-state index in [0.717, 1.165) is 0 Å². The summed E-state index contributed by atoms with van der Waals surface area (Å²) in [6, 6.07) is 0. The van der Waals surface area contributed by atoms with Gasteiger partial charge in [-0.25, -0.2) is 8.78 Å². The molecule has 0 bridgehead atoms. The molecule has 1 aliphatic heterocycles. The summed E-state index contributed by atoms with van der Waals surface area (Å²) in [6.45, 7) is -3.12. The maximum Gasteiger partial charge on any atom is 0.149 e. The Hall–Kier alpha value is -0.260. The van der Waals surface area contributed by atoms with Crippen LogP contribution in [0.15, 0.2) is 0 Å². The Morgan fingerprint density at radius 2 is 1.45 bits per heavy atom. The van der Waals surface area contributed by atoms with Crippen molar-refractivity contribution in [1.29, 1.82) is 0 Å². The van der Waals surface area contributed by atoms with Gasteiger partial charge < -0.3 is 14.9 Å². The van der Waals surface area contributed by atoms with Gasteiger partial charge in [0.1, 0.15) is 24.6 Å². The average molecular weight is 168 g/mol. The minimum atomic E-state index is -2.07. The highest BCUT2D eigenvalue weighted by atomic mass is 19.1. The van der Waals surface area contributed by atoms with Crippen LogP contribution < -0.4 is 0 Å². The highest BCUT2D eigenvalue weighted by Gasteiger charge is 2.55. The van der Waals surface area contributed by atoms with E-state index in [1.54, 1.807) is 0 Å². The summed E-state index contributed by atoms with van der Waals surface area (Å²) in [6.07, 6.45) is 0. The molecule has 0 aromatic heterocycles. The van der Waals surface area contributed by atoms with Crippen molar-refractivity contribution in [3.63, 3.8) is 0 Å². The van der Waals surface area contributed by atoms with E-state index in [1.807, 2.05) is 0 Å². The van der Waals surface area contributed by atoms with Gasteiger partial charge in [-0.2, -0.15) is 0 Å². The van der Waals surface area contributed by atoms with Crippen molar-refractivity contribution in [2.45, 2.75) is 11.2 Å². The zero-order valence-corrected chi connectivity index (χ0v) is 5.89. The first-order valence-corrected chi connectivity index (χ1v) is 3.22. The zero-order valence-electron chi connectivity index (χ0n) is 5.89. The molecule has 1 saturated heterocycles. The molecule has 5 heteroatoms. The molecule has 1 aliphatic rings. The van der Waals surface area contributed by atoms with Crippen LogP contribution in [0.3, 0.4) is 0 Å². The molecule has 0 aromatic carbocycles. The van der Waals surface area contributed by atoms with Crippen LogP contribution in [-0.2, 0) is 4.74 Å². The van der Waals surface area contributed by atoms with Gasteiger partial charge >= 0.3 is 0 Å². The normalized spacial score (nSPS) is 44.7. The maximum atomic E-state index is 12.1. The Morgan fingerprint density at radius 1 is 1.09 bits per heavy atom. The van der Waals surface area contributed by atoms with Crippen LogP contribution in [-0.4, -0.2) is 48.0 Å². The minimum Gasteiger partial charge on any atom is -0.381 e. The molecule has 0 aromatic rings. The van der Waals surface area contributed by atoms with Crippen molar-refractivity contribution in [2.24, 2.45) is 0 Å². The van der Waals surface area contributed by atoms with Crippen LogP contribution in [0.5, 0.6) is 0 Å². The lowest BCUT2D eigenvalue weighted by Crippen LogP contribution is -2.56. The fourth-order valence-corrected chi connectivity index (χ4v) is 0.983. The summed E-state index contributed by atoms with van der Waals surface area (Å²) in [5.41, 5.74) is -4.14. The third kappa shape index (κ3) is 1.13. The lowest BCUT2D eigenvalue weighted by Gasteiger charge is -2.30. The van der Waals surface area contributed by atoms with Gasteiger partial charge in [-0.05, 0) is 0 Å². The quantitative estimate of drug-likeness (QED) is 0.579. The molecule has 3 nitrogen and oxygen atoms in total. The van der Waals surface area contributed by atoms with Crippen LogP contribution >= 0.6 is 0 Å². The number of ether oxygens (including phenoxy) is 1. The lowest BCUT2D eigenvalue weighted by atomic mass is 9.88. The molecule has 0 amide bonds. The molecular formula is C6H10F2O3. The van der Waals surface area contributed by atoms with E-state index >= 15 is 0 Å². The number of aliphatic hydroxyl groups is 2. The van der Waals surface area contributed by atoms with Crippen LogP contribution in [0.25, 0.3) is 0 Å². The fraction of sp³-hybridized carbons (Fsp3) is 1.00. The predicted octanol–water partition coefficient (Wildman–Crippen LogP) is -0.582. The molecule has 0 saturated carbocycles. The molecule has 0 aliphatic carbocycles. The highest BCUT2D eigenvalue weighted by Crippen LogP contribution is 2.30. The van der Waals surface area contributed by atoms with Crippen molar-refractivity contribution in [3.8, 4) is 0 Å². The van der Waals surface area contributed by atoms with Gasteiger partial charge in [-0.1, -0.05) is 0 Å². The summed E-state index contributed by atoms with van der Waals surface area (Å²) in [5.74, 6) is 0. The molecule has 2 unspecified atom stereocenters. The second-order valence-electron chi connectivity index (χ2n) is 2.82. The Balaban J connectivity index is 2.79. The van der Waals surface area contributed by atoms with E-state index in [1.165, 1.54) is 0 Å². The molecule has 1 rings (SSSR count). The van der Waals surface area contributed by atoms with Crippen molar-refractivity contribution in [2.75, 3.05) is 26.6 Å². The Bertz CT molecular complexity index is 139. The summed E-state index contributed by atoms with van der Waals surface area (Å²) in [4.78, 5) is 0. The number of hydrogen-bond acceptors (Lipinski definition) is 3. The SMILES string of the molecule is OC1(CF)COCC1(O)CF.